The molecule has 21 heavy (non-hydrogen) atoms. The van der Waals surface area contributed by atoms with E-state index in [1.807, 2.05) is 11.3 Å². The zero-order chi connectivity index (χ0) is 15.4. The summed E-state index contributed by atoms with van der Waals surface area (Å²) in [4.78, 5) is 3.81. The molecule has 0 saturated heterocycles. The Morgan fingerprint density at radius 2 is 2.10 bits per heavy atom. The minimum Gasteiger partial charge on any atom is -0.312 e. The van der Waals surface area contributed by atoms with E-state index in [9.17, 15) is 0 Å². The van der Waals surface area contributed by atoms with Crippen molar-refractivity contribution >= 4 is 11.3 Å². The first-order valence-corrected chi connectivity index (χ1v) is 9.30. The van der Waals surface area contributed by atoms with E-state index in [1.54, 1.807) is 0 Å². The highest BCUT2D eigenvalue weighted by Crippen LogP contribution is 2.34. The van der Waals surface area contributed by atoms with Gasteiger partial charge in [0.2, 0.25) is 0 Å². The van der Waals surface area contributed by atoms with Crippen LogP contribution in [0.15, 0.2) is 17.5 Å². The first-order valence-electron chi connectivity index (χ1n) is 8.42. The molecule has 0 amide bonds. The van der Waals surface area contributed by atoms with Gasteiger partial charge in [-0.05, 0) is 56.1 Å². The van der Waals surface area contributed by atoms with Crippen LogP contribution in [0.5, 0.6) is 0 Å². The Morgan fingerprint density at radius 3 is 2.67 bits per heavy atom. The quantitative estimate of drug-likeness (QED) is 0.838. The molecule has 4 atom stereocenters. The van der Waals surface area contributed by atoms with E-state index >= 15 is 0 Å². The van der Waals surface area contributed by atoms with Crippen LogP contribution in [0.2, 0.25) is 0 Å². The summed E-state index contributed by atoms with van der Waals surface area (Å²) in [6.07, 6.45) is 4.14. The summed E-state index contributed by atoms with van der Waals surface area (Å²) >= 11 is 1.87. The van der Waals surface area contributed by atoms with E-state index < -0.39 is 0 Å². The molecule has 2 nitrogen and oxygen atoms in total. The van der Waals surface area contributed by atoms with Crippen LogP contribution in [0.4, 0.5) is 0 Å². The summed E-state index contributed by atoms with van der Waals surface area (Å²) in [7, 11) is 4.38. The molecule has 0 aromatic carbocycles. The zero-order valence-corrected chi connectivity index (χ0v) is 15.1. The van der Waals surface area contributed by atoms with E-state index in [0.29, 0.717) is 12.1 Å². The van der Waals surface area contributed by atoms with Gasteiger partial charge in [-0.2, -0.15) is 0 Å². The molecule has 1 heterocycles. The number of hydrogen-bond acceptors (Lipinski definition) is 3. The van der Waals surface area contributed by atoms with E-state index in [0.717, 1.165) is 24.3 Å². The Labute approximate surface area is 134 Å². The highest BCUT2D eigenvalue weighted by atomic mass is 32.1. The summed E-state index contributed by atoms with van der Waals surface area (Å²) in [5, 5.41) is 6.10. The van der Waals surface area contributed by atoms with Gasteiger partial charge in [0.05, 0.1) is 6.04 Å². The second-order valence-electron chi connectivity index (χ2n) is 7.34. The summed E-state index contributed by atoms with van der Waals surface area (Å²) < 4.78 is 0. The van der Waals surface area contributed by atoms with E-state index in [2.05, 4.69) is 62.6 Å². The molecule has 1 saturated carbocycles. The van der Waals surface area contributed by atoms with Gasteiger partial charge >= 0.3 is 0 Å². The van der Waals surface area contributed by atoms with Gasteiger partial charge in [0.1, 0.15) is 0 Å². The van der Waals surface area contributed by atoms with Gasteiger partial charge in [-0.1, -0.05) is 33.3 Å². The summed E-state index contributed by atoms with van der Waals surface area (Å²) in [6, 6.07) is 5.61. The van der Waals surface area contributed by atoms with Crippen molar-refractivity contribution in [3.05, 3.63) is 22.4 Å². The number of nitrogens with zero attached hydrogens (tertiary/aromatic N) is 1. The third kappa shape index (κ3) is 4.54. The molecule has 3 heteroatoms. The first-order chi connectivity index (χ1) is 9.99. The molecule has 0 aliphatic heterocycles. The molecule has 2 rings (SSSR count). The topological polar surface area (TPSA) is 15.3 Å². The van der Waals surface area contributed by atoms with E-state index in [1.165, 1.54) is 24.1 Å². The van der Waals surface area contributed by atoms with Gasteiger partial charge in [-0.25, -0.2) is 0 Å². The summed E-state index contributed by atoms with van der Waals surface area (Å²) in [5.41, 5.74) is 0. The van der Waals surface area contributed by atoms with Crippen LogP contribution >= 0.6 is 11.3 Å². The maximum atomic E-state index is 3.92. The van der Waals surface area contributed by atoms with Crippen LogP contribution in [0.3, 0.4) is 0 Å². The largest absolute Gasteiger partial charge is 0.312 e. The predicted molar refractivity (Wildman–Crippen MR) is 93.9 cm³/mol. The van der Waals surface area contributed by atoms with Crippen LogP contribution in [0, 0.1) is 17.8 Å². The van der Waals surface area contributed by atoms with Crippen molar-refractivity contribution in [2.75, 3.05) is 20.6 Å². The second kappa shape index (κ2) is 7.75. The number of likely N-dealkylation sites (N-methyl/N-ethyl adjacent to an activating group) is 1. The van der Waals surface area contributed by atoms with Gasteiger partial charge in [-0.15, -0.1) is 11.3 Å². The molecule has 1 N–H and O–H groups in total. The van der Waals surface area contributed by atoms with Crippen LogP contribution < -0.4 is 5.32 Å². The van der Waals surface area contributed by atoms with Crippen molar-refractivity contribution in [3.63, 3.8) is 0 Å². The molecule has 1 aromatic rings. The molecule has 4 unspecified atom stereocenters. The van der Waals surface area contributed by atoms with Crippen molar-refractivity contribution in [2.24, 2.45) is 17.8 Å². The molecular weight excluding hydrogens is 276 g/mol. The number of hydrogen-bond donors (Lipinski definition) is 1. The molecule has 1 aliphatic carbocycles. The number of thiophene rings is 1. The second-order valence-corrected chi connectivity index (χ2v) is 8.31. The van der Waals surface area contributed by atoms with Crippen molar-refractivity contribution in [2.45, 2.75) is 52.1 Å². The lowest BCUT2D eigenvalue weighted by Crippen LogP contribution is -2.45. The van der Waals surface area contributed by atoms with Crippen molar-refractivity contribution in [1.29, 1.82) is 0 Å². The molecule has 0 spiro atoms. The van der Waals surface area contributed by atoms with Crippen LogP contribution in [-0.2, 0) is 0 Å². The lowest BCUT2D eigenvalue weighted by atomic mass is 9.74. The summed E-state index contributed by atoms with van der Waals surface area (Å²) in [6.45, 7) is 8.25. The van der Waals surface area contributed by atoms with Crippen molar-refractivity contribution < 1.29 is 0 Å². The molecular formula is C18H32N2S. The number of rotatable bonds is 6. The molecule has 0 radical (unpaired) electrons. The zero-order valence-electron chi connectivity index (χ0n) is 14.3. The van der Waals surface area contributed by atoms with Crippen LogP contribution in [0.1, 0.15) is 51.0 Å². The van der Waals surface area contributed by atoms with Gasteiger partial charge in [0, 0.05) is 17.5 Å². The first kappa shape index (κ1) is 17.0. The highest BCUT2D eigenvalue weighted by Gasteiger charge is 2.31. The Kier molecular flexibility index (Phi) is 6.27. The fraction of sp³-hybridized carbons (Fsp3) is 0.778. The fourth-order valence-corrected chi connectivity index (χ4v) is 4.64. The average molecular weight is 309 g/mol. The summed E-state index contributed by atoms with van der Waals surface area (Å²) in [5.74, 6) is 2.50. The Morgan fingerprint density at radius 1 is 1.33 bits per heavy atom. The molecule has 1 aliphatic rings. The Bertz CT molecular complexity index is 399. The van der Waals surface area contributed by atoms with Gasteiger partial charge in [0.15, 0.2) is 0 Å². The predicted octanol–water partition coefficient (Wildman–Crippen LogP) is 4.40. The Balaban J connectivity index is 1.98. The standard InChI is InChI=1S/C18H32N2S/c1-13(2)15-9-8-14(3)11-16(15)19-12-17(20(4)5)18-7-6-10-21-18/h6-7,10,13-17,19H,8-9,11-12H2,1-5H3. The minimum atomic E-state index is 0.495. The SMILES string of the molecule is CC1CCC(C(C)C)C(NCC(c2cccs2)N(C)C)C1. The fourth-order valence-electron chi connectivity index (χ4n) is 3.72. The normalized spacial score (nSPS) is 28.2. The Hall–Kier alpha value is -0.380. The maximum Gasteiger partial charge on any atom is 0.0561 e. The molecule has 1 aromatic heterocycles. The molecule has 1 fully saturated rings. The third-order valence-electron chi connectivity index (χ3n) is 5.09. The average Bonchev–Trinajstić information content (AvgIpc) is 2.92. The van der Waals surface area contributed by atoms with Crippen molar-refractivity contribution in [3.8, 4) is 0 Å². The number of nitrogens with one attached hydrogen (secondary N) is 1. The maximum absolute atomic E-state index is 3.92. The van der Waals surface area contributed by atoms with Crippen LogP contribution in [-0.4, -0.2) is 31.6 Å². The minimum absolute atomic E-state index is 0.495. The van der Waals surface area contributed by atoms with Gasteiger partial charge in [0.25, 0.3) is 0 Å². The van der Waals surface area contributed by atoms with Crippen LogP contribution in [0.25, 0.3) is 0 Å². The van der Waals surface area contributed by atoms with Gasteiger partial charge in [-0.3, -0.25) is 0 Å². The van der Waals surface area contributed by atoms with E-state index in [-0.39, 0.29) is 0 Å². The van der Waals surface area contributed by atoms with Gasteiger partial charge < -0.3 is 10.2 Å². The van der Waals surface area contributed by atoms with E-state index in [4.69, 9.17) is 0 Å². The highest BCUT2D eigenvalue weighted by molar-refractivity contribution is 7.10. The molecule has 0 bridgehead atoms. The van der Waals surface area contributed by atoms with Crippen molar-refractivity contribution in [1.82, 2.24) is 10.2 Å². The lowest BCUT2D eigenvalue weighted by Gasteiger charge is -2.39. The molecule has 120 valence electrons. The monoisotopic (exact) mass is 308 g/mol. The lowest BCUT2D eigenvalue weighted by molar-refractivity contribution is 0.159. The smallest absolute Gasteiger partial charge is 0.0561 e. The third-order valence-corrected chi connectivity index (χ3v) is 6.06.